The number of carbonyl (C=O) groups excluding carboxylic acids is 2. The average molecular weight is 473 g/mol. The largest absolute Gasteiger partial charge is 0.497 e. The van der Waals surface area contributed by atoms with Gasteiger partial charge in [0.15, 0.2) is 11.0 Å². The third-order valence-corrected chi connectivity index (χ3v) is 5.67. The highest BCUT2D eigenvalue weighted by Crippen LogP contribution is 2.27. The average Bonchev–Trinajstić information content (AvgIpc) is 3.21. The molecule has 166 valence electrons. The van der Waals surface area contributed by atoms with E-state index < -0.39 is 5.97 Å². The first-order valence-electron chi connectivity index (χ1n) is 9.45. The van der Waals surface area contributed by atoms with Crippen LogP contribution in [-0.2, 0) is 16.1 Å². The Morgan fingerprint density at radius 2 is 1.94 bits per heavy atom. The van der Waals surface area contributed by atoms with E-state index in [-0.39, 0.29) is 17.2 Å². The van der Waals surface area contributed by atoms with Crippen LogP contribution >= 0.6 is 23.4 Å². The minimum absolute atomic E-state index is 0.0661. The maximum absolute atomic E-state index is 12.5. The number of rotatable bonds is 9. The molecule has 10 heteroatoms. The molecule has 0 atom stereocenters. The van der Waals surface area contributed by atoms with Gasteiger partial charge < -0.3 is 14.8 Å². The topological polar surface area (TPSA) is 95.3 Å². The summed E-state index contributed by atoms with van der Waals surface area (Å²) in [7, 11) is 2.89. The number of ether oxygens (including phenoxy) is 2. The number of hydrogen-bond acceptors (Lipinski definition) is 7. The molecule has 1 aromatic heterocycles. The Morgan fingerprint density at radius 1 is 1.19 bits per heavy atom. The van der Waals surface area contributed by atoms with Gasteiger partial charge in [0, 0.05) is 12.1 Å². The standard InChI is InChI=1S/C22H21ClN4O4S/c1-4-11-27-20(14-5-8-16(30-2)9-6-14)25-26-22(27)32-13-19(28)24-18-12-15(21(29)31-3)7-10-17(18)23/h4-10,12H,1,11,13H2,2-3H3,(H,24,28). The van der Waals surface area contributed by atoms with Crippen molar-refractivity contribution in [2.75, 3.05) is 25.3 Å². The smallest absolute Gasteiger partial charge is 0.337 e. The number of benzene rings is 2. The molecule has 0 saturated heterocycles. The van der Waals surface area contributed by atoms with Crippen molar-refractivity contribution in [3.05, 3.63) is 65.7 Å². The Hall–Kier alpha value is -3.30. The van der Waals surface area contributed by atoms with E-state index in [0.717, 1.165) is 11.3 Å². The van der Waals surface area contributed by atoms with Gasteiger partial charge in [-0.15, -0.1) is 16.8 Å². The molecule has 32 heavy (non-hydrogen) atoms. The first kappa shape index (κ1) is 23.4. The summed E-state index contributed by atoms with van der Waals surface area (Å²) in [5, 5.41) is 12.1. The molecule has 0 aliphatic rings. The number of allylic oxidation sites excluding steroid dienone is 1. The van der Waals surface area contributed by atoms with E-state index in [2.05, 4.69) is 22.1 Å². The van der Waals surface area contributed by atoms with Crippen LogP contribution in [0, 0.1) is 0 Å². The first-order chi connectivity index (χ1) is 15.5. The van der Waals surface area contributed by atoms with Crippen molar-refractivity contribution in [1.29, 1.82) is 0 Å². The molecule has 0 saturated carbocycles. The molecule has 1 N–H and O–H groups in total. The molecule has 0 spiro atoms. The van der Waals surface area contributed by atoms with Crippen molar-refractivity contribution in [2.45, 2.75) is 11.7 Å². The van der Waals surface area contributed by atoms with Gasteiger partial charge in [0.05, 0.1) is 36.2 Å². The van der Waals surface area contributed by atoms with Crippen LogP contribution in [0.1, 0.15) is 10.4 Å². The van der Waals surface area contributed by atoms with E-state index in [9.17, 15) is 9.59 Å². The normalized spacial score (nSPS) is 10.5. The summed E-state index contributed by atoms with van der Waals surface area (Å²) in [5.74, 6) is 0.638. The summed E-state index contributed by atoms with van der Waals surface area (Å²) in [6, 6.07) is 12.0. The molecule has 1 amide bonds. The van der Waals surface area contributed by atoms with Gasteiger partial charge in [-0.25, -0.2) is 4.79 Å². The van der Waals surface area contributed by atoms with Gasteiger partial charge in [-0.05, 0) is 42.5 Å². The third-order valence-electron chi connectivity index (χ3n) is 4.37. The quantitative estimate of drug-likeness (QED) is 0.281. The Bertz CT molecular complexity index is 1130. The van der Waals surface area contributed by atoms with Crippen LogP contribution in [-0.4, -0.2) is 46.6 Å². The monoisotopic (exact) mass is 472 g/mol. The number of anilines is 1. The van der Waals surface area contributed by atoms with Crippen molar-refractivity contribution < 1.29 is 19.1 Å². The zero-order valence-corrected chi connectivity index (χ0v) is 19.1. The number of amides is 1. The van der Waals surface area contributed by atoms with Gasteiger partial charge in [0.1, 0.15) is 5.75 Å². The maximum atomic E-state index is 12.5. The van der Waals surface area contributed by atoms with Crippen LogP contribution < -0.4 is 10.1 Å². The second-order valence-electron chi connectivity index (χ2n) is 6.46. The lowest BCUT2D eigenvalue weighted by Crippen LogP contribution is -2.15. The number of esters is 1. The molecule has 0 aliphatic heterocycles. The molecule has 0 radical (unpaired) electrons. The third kappa shape index (κ3) is 5.49. The summed E-state index contributed by atoms with van der Waals surface area (Å²) in [6.07, 6.45) is 1.73. The predicted molar refractivity (Wildman–Crippen MR) is 124 cm³/mol. The van der Waals surface area contributed by atoms with Crippen molar-refractivity contribution in [3.63, 3.8) is 0 Å². The minimum atomic E-state index is -0.518. The van der Waals surface area contributed by atoms with E-state index in [1.165, 1.54) is 37.1 Å². The summed E-state index contributed by atoms with van der Waals surface area (Å²) in [5.41, 5.74) is 1.48. The first-order valence-corrected chi connectivity index (χ1v) is 10.8. The molecule has 3 rings (SSSR count). The van der Waals surface area contributed by atoms with E-state index in [1.807, 2.05) is 28.8 Å². The molecule has 1 heterocycles. The number of nitrogens with one attached hydrogen (secondary N) is 1. The molecule has 0 unspecified atom stereocenters. The fourth-order valence-electron chi connectivity index (χ4n) is 2.83. The summed E-state index contributed by atoms with van der Waals surface area (Å²) in [4.78, 5) is 24.2. The molecule has 0 bridgehead atoms. The molecular formula is C22H21ClN4O4S. The number of nitrogens with zero attached hydrogens (tertiary/aromatic N) is 3. The highest BCUT2D eigenvalue weighted by molar-refractivity contribution is 7.99. The van der Waals surface area contributed by atoms with Gasteiger partial charge in [0.2, 0.25) is 5.91 Å². The maximum Gasteiger partial charge on any atom is 0.337 e. The Morgan fingerprint density at radius 3 is 2.59 bits per heavy atom. The van der Waals surface area contributed by atoms with E-state index in [0.29, 0.717) is 28.2 Å². The fraction of sp³-hybridized carbons (Fsp3) is 0.182. The van der Waals surface area contributed by atoms with Gasteiger partial charge in [-0.2, -0.15) is 0 Å². The Balaban J connectivity index is 1.72. The zero-order valence-electron chi connectivity index (χ0n) is 17.5. The van der Waals surface area contributed by atoms with Gasteiger partial charge in [-0.3, -0.25) is 9.36 Å². The zero-order chi connectivity index (χ0) is 23.1. The Labute approximate surface area is 194 Å². The molecular weight excluding hydrogens is 452 g/mol. The summed E-state index contributed by atoms with van der Waals surface area (Å²) in [6.45, 7) is 4.27. The lowest BCUT2D eigenvalue weighted by atomic mass is 10.2. The lowest BCUT2D eigenvalue weighted by Gasteiger charge is -2.10. The van der Waals surface area contributed by atoms with Crippen LogP contribution in [0.25, 0.3) is 11.4 Å². The molecule has 3 aromatic rings. The van der Waals surface area contributed by atoms with Crippen LogP contribution in [0.15, 0.2) is 60.3 Å². The molecule has 2 aromatic carbocycles. The second-order valence-corrected chi connectivity index (χ2v) is 7.81. The fourth-order valence-corrected chi connectivity index (χ4v) is 3.74. The second kappa shape index (κ2) is 10.8. The Kier molecular flexibility index (Phi) is 7.91. The number of methoxy groups -OCH3 is 2. The van der Waals surface area contributed by atoms with Crippen molar-refractivity contribution in [2.24, 2.45) is 0 Å². The van der Waals surface area contributed by atoms with Crippen LogP contribution in [0.3, 0.4) is 0 Å². The highest BCUT2D eigenvalue weighted by atomic mass is 35.5. The van der Waals surface area contributed by atoms with Crippen LogP contribution in [0.2, 0.25) is 5.02 Å². The van der Waals surface area contributed by atoms with E-state index in [4.69, 9.17) is 21.1 Å². The van der Waals surface area contributed by atoms with Crippen molar-refractivity contribution >= 4 is 40.9 Å². The number of halogens is 1. The summed E-state index contributed by atoms with van der Waals surface area (Å²) < 4.78 is 11.8. The van der Waals surface area contributed by atoms with Crippen molar-refractivity contribution in [3.8, 4) is 17.1 Å². The lowest BCUT2D eigenvalue weighted by molar-refractivity contribution is -0.113. The minimum Gasteiger partial charge on any atom is -0.497 e. The highest BCUT2D eigenvalue weighted by Gasteiger charge is 2.16. The van der Waals surface area contributed by atoms with Crippen LogP contribution in [0.4, 0.5) is 5.69 Å². The number of aromatic nitrogens is 3. The van der Waals surface area contributed by atoms with Gasteiger partial charge in [0.25, 0.3) is 0 Å². The molecule has 8 nitrogen and oxygen atoms in total. The van der Waals surface area contributed by atoms with E-state index >= 15 is 0 Å². The van der Waals surface area contributed by atoms with Crippen molar-refractivity contribution in [1.82, 2.24) is 14.8 Å². The van der Waals surface area contributed by atoms with Crippen LogP contribution in [0.5, 0.6) is 5.75 Å². The van der Waals surface area contributed by atoms with Gasteiger partial charge >= 0.3 is 5.97 Å². The predicted octanol–water partition coefficient (Wildman–Crippen LogP) is 4.31. The SMILES string of the molecule is C=CCn1c(SCC(=O)Nc2cc(C(=O)OC)ccc2Cl)nnc1-c1ccc(OC)cc1. The summed E-state index contributed by atoms with van der Waals surface area (Å²) >= 11 is 7.37. The molecule has 0 fully saturated rings. The number of hydrogen-bond donors (Lipinski definition) is 1. The number of thioether (sulfide) groups is 1. The van der Waals surface area contributed by atoms with E-state index in [1.54, 1.807) is 13.2 Å². The van der Waals surface area contributed by atoms with Gasteiger partial charge in [-0.1, -0.05) is 29.4 Å². The molecule has 0 aliphatic carbocycles. The number of carbonyl (C=O) groups is 2.